The molecule has 0 radical (unpaired) electrons. The van der Waals surface area contributed by atoms with Crippen molar-refractivity contribution in [2.45, 2.75) is 13.5 Å². The standard InChI is InChI=1S/C26H22N2O5/c1-2-32-22-10-6-9-19(15-22)16-23-24(29)27-26(31)28(25(23)30)20-11-13-21(14-12-20)33-17-18-7-4-3-5-8-18/h3-16H,2,17H2,1H3,(H,27,29,31). The third-order valence-corrected chi connectivity index (χ3v) is 4.93. The third kappa shape index (κ3) is 5.10. The van der Waals surface area contributed by atoms with Crippen LogP contribution in [0, 0.1) is 0 Å². The van der Waals surface area contributed by atoms with Crippen LogP contribution in [0.4, 0.5) is 10.5 Å². The van der Waals surface area contributed by atoms with Gasteiger partial charge in [-0.15, -0.1) is 0 Å². The topological polar surface area (TPSA) is 84.9 Å². The average Bonchev–Trinajstić information content (AvgIpc) is 2.82. The molecule has 7 heteroatoms. The maximum atomic E-state index is 13.1. The molecule has 3 aromatic carbocycles. The lowest BCUT2D eigenvalue weighted by atomic mass is 10.1. The highest BCUT2D eigenvalue weighted by molar-refractivity contribution is 6.39. The first-order chi connectivity index (χ1) is 16.0. The number of benzene rings is 3. The number of rotatable bonds is 7. The number of carbonyl (C=O) groups is 3. The molecule has 0 saturated carbocycles. The number of nitrogens with zero attached hydrogens (tertiary/aromatic N) is 1. The molecule has 0 aliphatic carbocycles. The first-order valence-electron chi connectivity index (χ1n) is 10.5. The zero-order valence-electron chi connectivity index (χ0n) is 18.0. The van der Waals surface area contributed by atoms with Gasteiger partial charge in [0.1, 0.15) is 23.7 Å². The van der Waals surface area contributed by atoms with Crippen molar-refractivity contribution in [2.75, 3.05) is 11.5 Å². The molecule has 1 saturated heterocycles. The largest absolute Gasteiger partial charge is 0.494 e. The Morgan fingerprint density at radius 3 is 2.33 bits per heavy atom. The SMILES string of the molecule is CCOc1cccc(C=C2C(=O)NC(=O)N(c3ccc(OCc4ccccc4)cc3)C2=O)c1. The van der Waals surface area contributed by atoms with Crippen LogP contribution in [0.1, 0.15) is 18.1 Å². The fourth-order valence-electron chi connectivity index (χ4n) is 3.35. The molecule has 0 atom stereocenters. The monoisotopic (exact) mass is 442 g/mol. The highest BCUT2D eigenvalue weighted by atomic mass is 16.5. The molecule has 33 heavy (non-hydrogen) atoms. The van der Waals surface area contributed by atoms with Gasteiger partial charge in [-0.05, 0) is 60.5 Å². The smallest absolute Gasteiger partial charge is 0.335 e. The van der Waals surface area contributed by atoms with E-state index in [1.165, 1.54) is 6.08 Å². The highest BCUT2D eigenvalue weighted by Gasteiger charge is 2.36. The molecular formula is C26H22N2O5. The molecule has 166 valence electrons. The minimum absolute atomic E-state index is 0.146. The van der Waals surface area contributed by atoms with Gasteiger partial charge >= 0.3 is 6.03 Å². The summed E-state index contributed by atoms with van der Waals surface area (Å²) in [5.74, 6) is -0.240. The van der Waals surface area contributed by atoms with Crippen molar-refractivity contribution < 1.29 is 23.9 Å². The van der Waals surface area contributed by atoms with E-state index in [2.05, 4.69) is 5.32 Å². The van der Waals surface area contributed by atoms with E-state index in [4.69, 9.17) is 9.47 Å². The fraction of sp³-hybridized carbons (Fsp3) is 0.115. The van der Waals surface area contributed by atoms with Crippen LogP contribution >= 0.6 is 0 Å². The summed E-state index contributed by atoms with van der Waals surface area (Å²) >= 11 is 0. The van der Waals surface area contributed by atoms with Gasteiger partial charge < -0.3 is 9.47 Å². The van der Waals surface area contributed by atoms with E-state index in [0.29, 0.717) is 36.0 Å². The zero-order valence-corrected chi connectivity index (χ0v) is 18.0. The van der Waals surface area contributed by atoms with E-state index in [-0.39, 0.29) is 5.57 Å². The molecule has 1 aliphatic heterocycles. The van der Waals surface area contributed by atoms with Crippen molar-refractivity contribution in [3.63, 3.8) is 0 Å². The van der Waals surface area contributed by atoms with Gasteiger partial charge in [0.15, 0.2) is 0 Å². The molecule has 1 fully saturated rings. The maximum absolute atomic E-state index is 13.1. The van der Waals surface area contributed by atoms with E-state index >= 15 is 0 Å². The van der Waals surface area contributed by atoms with Crippen molar-refractivity contribution >= 4 is 29.6 Å². The second-order valence-electron chi connectivity index (χ2n) is 7.23. The zero-order chi connectivity index (χ0) is 23.2. The number of nitrogens with one attached hydrogen (secondary N) is 1. The van der Waals surface area contributed by atoms with E-state index in [9.17, 15) is 14.4 Å². The number of hydrogen-bond donors (Lipinski definition) is 1. The van der Waals surface area contributed by atoms with Gasteiger partial charge in [0, 0.05) is 0 Å². The van der Waals surface area contributed by atoms with Gasteiger partial charge in [0.05, 0.1) is 12.3 Å². The Labute approximate surface area is 191 Å². The normalized spacial score (nSPS) is 14.9. The van der Waals surface area contributed by atoms with Crippen LogP contribution in [0.5, 0.6) is 11.5 Å². The second-order valence-corrected chi connectivity index (χ2v) is 7.23. The number of urea groups is 1. The Hall–Kier alpha value is -4.39. The Kier molecular flexibility index (Phi) is 6.50. The molecule has 1 aliphatic rings. The Balaban J connectivity index is 1.53. The van der Waals surface area contributed by atoms with Crippen LogP contribution < -0.4 is 19.7 Å². The van der Waals surface area contributed by atoms with Crippen molar-refractivity contribution in [2.24, 2.45) is 0 Å². The lowest BCUT2D eigenvalue weighted by Gasteiger charge is -2.26. The summed E-state index contributed by atoms with van der Waals surface area (Å²) in [5, 5.41) is 2.23. The molecule has 7 nitrogen and oxygen atoms in total. The number of ether oxygens (including phenoxy) is 2. The Morgan fingerprint density at radius 2 is 1.61 bits per heavy atom. The first kappa shape index (κ1) is 21.8. The van der Waals surface area contributed by atoms with E-state index < -0.39 is 17.8 Å². The van der Waals surface area contributed by atoms with Gasteiger partial charge in [0.25, 0.3) is 11.8 Å². The summed E-state index contributed by atoms with van der Waals surface area (Å²) in [7, 11) is 0. The molecule has 4 amide bonds. The lowest BCUT2D eigenvalue weighted by molar-refractivity contribution is -0.122. The minimum Gasteiger partial charge on any atom is -0.494 e. The Bertz CT molecular complexity index is 1200. The predicted molar refractivity (Wildman–Crippen MR) is 124 cm³/mol. The van der Waals surface area contributed by atoms with Gasteiger partial charge in [-0.2, -0.15) is 0 Å². The summed E-state index contributed by atoms with van der Waals surface area (Å²) in [5.41, 5.74) is 1.81. The van der Waals surface area contributed by atoms with E-state index in [1.807, 2.05) is 37.3 Å². The lowest BCUT2D eigenvalue weighted by Crippen LogP contribution is -2.54. The number of barbiturate groups is 1. The fourth-order valence-corrected chi connectivity index (χ4v) is 3.35. The number of anilines is 1. The number of amides is 4. The molecule has 0 aromatic heterocycles. The van der Waals surface area contributed by atoms with Crippen LogP contribution in [0.3, 0.4) is 0 Å². The number of hydrogen-bond acceptors (Lipinski definition) is 5. The molecule has 0 unspecified atom stereocenters. The summed E-state index contributed by atoms with van der Waals surface area (Å²) in [6.45, 7) is 2.75. The molecule has 4 rings (SSSR count). The predicted octanol–water partition coefficient (Wildman–Crippen LogP) is 4.33. The number of imide groups is 2. The van der Waals surface area contributed by atoms with Crippen molar-refractivity contribution in [1.82, 2.24) is 5.32 Å². The number of carbonyl (C=O) groups excluding carboxylic acids is 3. The molecule has 0 spiro atoms. The average molecular weight is 442 g/mol. The van der Waals surface area contributed by atoms with Crippen LogP contribution in [-0.2, 0) is 16.2 Å². The molecular weight excluding hydrogens is 420 g/mol. The van der Waals surface area contributed by atoms with Gasteiger partial charge in [0.2, 0.25) is 0 Å². The maximum Gasteiger partial charge on any atom is 0.335 e. The van der Waals surface area contributed by atoms with Crippen molar-refractivity contribution in [1.29, 1.82) is 0 Å². The van der Waals surface area contributed by atoms with Crippen LogP contribution in [-0.4, -0.2) is 24.5 Å². The third-order valence-electron chi connectivity index (χ3n) is 4.93. The molecule has 1 N–H and O–H groups in total. The molecule has 0 bridgehead atoms. The summed E-state index contributed by atoms with van der Waals surface area (Å²) in [4.78, 5) is 38.8. The first-order valence-corrected chi connectivity index (χ1v) is 10.5. The van der Waals surface area contributed by atoms with E-state index in [0.717, 1.165) is 10.5 Å². The van der Waals surface area contributed by atoms with Gasteiger partial charge in [-0.3, -0.25) is 14.9 Å². The molecule has 3 aromatic rings. The van der Waals surface area contributed by atoms with Crippen LogP contribution in [0.2, 0.25) is 0 Å². The second kappa shape index (κ2) is 9.82. The van der Waals surface area contributed by atoms with Crippen molar-refractivity contribution in [3.05, 3.63) is 95.6 Å². The molecule has 1 heterocycles. The highest BCUT2D eigenvalue weighted by Crippen LogP contribution is 2.25. The van der Waals surface area contributed by atoms with Crippen LogP contribution in [0.15, 0.2) is 84.4 Å². The van der Waals surface area contributed by atoms with E-state index in [1.54, 1.807) is 48.5 Å². The summed E-state index contributed by atoms with van der Waals surface area (Å²) in [6, 6.07) is 22.5. The van der Waals surface area contributed by atoms with Crippen LogP contribution in [0.25, 0.3) is 6.08 Å². The summed E-state index contributed by atoms with van der Waals surface area (Å²) < 4.78 is 11.2. The van der Waals surface area contributed by atoms with Crippen molar-refractivity contribution in [3.8, 4) is 11.5 Å². The quantitative estimate of drug-likeness (QED) is 0.435. The minimum atomic E-state index is -0.803. The Morgan fingerprint density at radius 1 is 0.848 bits per heavy atom. The summed E-state index contributed by atoms with van der Waals surface area (Å²) in [6.07, 6.45) is 1.44. The van der Waals surface area contributed by atoms with Gasteiger partial charge in [-0.1, -0.05) is 42.5 Å². The van der Waals surface area contributed by atoms with Gasteiger partial charge in [-0.25, -0.2) is 9.69 Å².